The van der Waals surface area contributed by atoms with Crippen molar-refractivity contribution in [1.82, 2.24) is 4.98 Å². The first-order valence-corrected chi connectivity index (χ1v) is 10.6. The van der Waals surface area contributed by atoms with E-state index in [0.717, 1.165) is 5.56 Å². The van der Waals surface area contributed by atoms with Crippen molar-refractivity contribution in [3.8, 4) is 0 Å². The number of hydrogen-bond acceptors (Lipinski definition) is 4. The third kappa shape index (κ3) is 4.83. The molecule has 146 valence electrons. The van der Waals surface area contributed by atoms with Gasteiger partial charge >= 0.3 is 0 Å². The van der Waals surface area contributed by atoms with Crippen molar-refractivity contribution in [1.29, 1.82) is 0 Å². The van der Waals surface area contributed by atoms with E-state index in [9.17, 15) is 8.42 Å². The number of hydrogen-bond donors (Lipinski definition) is 0. The molecule has 3 rings (SSSR count). The van der Waals surface area contributed by atoms with Gasteiger partial charge in [-0.05, 0) is 48.4 Å². The molecule has 0 amide bonds. The van der Waals surface area contributed by atoms with Gasteiger partial charge in [0.15, 0.2) is 5.82 Å². The Balaban J connectivity index is 1.71. The largest absolute Gasteiger partial charge is 0.370 e. The number of aryl methyl sites for hydroxylation is 1. The average Bonchev–Trinajstić information content (AvgIpc) is 2.69. The van der Waals surface area contributed by atoms with Crippen molar-refractivity contribution in [2.24, 2.45) is 0 Å². The van der Waals surface area contributed by atoms with Gasteiger partial charge in [-0.3, -0.25) is 0 Å². The quantitative estimate of drug-likeness (QED) is 0.482. The van der Waals surface area contributed by atoms with Gasteiger partial charge in [0.05, 0.1) is 23.8 Å². The molecule has 2 aromatic carbocycles. The molecule has 5 nitrogen and oxygen atoms in total. The van der Waals surface area contributed by atoms with Crippen molar-refractivity contribution in [3.63, 3.8) is 0 Å². The van der Waals surface area contributed by atoms with Crippen molar-refractivity contribution in [2.75, 3.05) is 3.82 Å². The summed E-state index contributed by atoms with van der Waals surface area (Å²) >= 11 is 12.0. The molecule has 0 bridgehead atoms. The van der Waals surface area contributed by atoms with Gasteiger partial charge in [0.25, 0.3) is 10.0 Å². The van der Waals surface area contributed by atoms with Crippen LogP contribution in [0.25, 0.3) is 0 Å². The Hall–Kier alpha value is -2.12. The smallest absolute Gasteiger partial charge is 0.279 e. The Morgan fingerprint density at radius 1 is 0.964 bits per heavy atom. The summed E-state index contributed by atoms with van der Waals surface area (Å²) in [5, 5.41) is 0.662. The molecular weight excluding hydrogens is 419 g/mol. The molecule has 0 aliphatic rings. The summed E-state index contributed by atoms with van der Waals surface area (Å²) in [5.41, 5.74) is 2.15. The average molecular weight is 437 g/mol. The molecule has 8 heteroatoms. The van der Waals surface area contributed by atoms with Gasteiger partial charge in [0, 0.05) is 16.8 Å². The highest BCUT2D eigenvalue weighted by Crippen LogP contribution is 2.26. The molecule has 0 aliphatic carbocycles. The highest BCUT2D eigenvalue weighted by Gasteiger charge is 2.26. The zero-order chi connectivity index (χ0) is 20.1. The fourth-order valence-electron chi connectivity index (χ4n) is 2.55. The van der Waals surface area contributed by atoms with Gasteiger partial charge in [0.1, 0.15) is 0 Å². The van der Waals surface area contributed by atoms with E-state index >= 15 is 0 Å². The molecule has 0 N–H and O–H groups in total. The van der Waals surface area contributed by atoms with Crippen LogP contribution in [0.5, 0.6) is 0 Å². The molecule has 0 atom stereocenters. The van der Waals surface area contributed by atoms with Crippen LogP contribution in [-0.2, 0) is 28.0 Å². The monoisotopic (exact) mass is 436 g/mol. The van der Waals surface area contributed by atoms with Crippen LogP contribution in [0.3, 0.4) is 0 Å². The molecule has 0 radical (unpaired) electrons. The molecule has 0 saturated heterocycles. The number of pyridine rings is 1. The van der Waals surface area contributed by atoms with Crippen molar-refractivity contribution in [2.45, 2.75) is 25.0 Å². The van der Waals surface area contributed by atoms with Gasteiger partial charge in [-0.1, -0.05) is 48.0 Å². The number of aromatic nitrogens is 1. The number of nitrogens with zero attached hydrogens (tertiary/aromatic N) is 2. The maximum absolute atomic E-state index is 12.8. The van der Waals surface area contributed by atoms with Gasteiger partial charge < -0.3 is 4.74 Å². The number of sulfonamides is 1. The third-order valence-corrected chi connectivity index (χ3v) is 6.58. The number of rotatable bonds is 7. The van der Waals surface area contributed by atoms with Crippen LogP contribution in [0.4, 0.5) is 5.82 Å². The Kier molecular flexibility index (Phi) is 6.57. The van der Waals surface area contributed by atoms with E-state index in [1.807, 2.05) is 12.1 Å². The van der Waals surface area contributed by atoms with Crippen LogP contribution in [-0.4, -0.2) is 13.4 Å². The summed E-state index contributed by atoms with van der Waals surface area (Å²) in [6, 6.07) is 19.0. The second kappa shape index (κ2) is 8.92. The summed E-state index contributed by atoms with van der Waals surface area (Å²) in [6.07, 6.45) is 0. The topological polar surface area (TPSA) is 59.5 Å². The minimum atomic E-state index is -3.92. The van der Waals surface area contributed by atoms with Gasteiger partial charge in [-0.2, -0.15) is 12.2 Å². The summed E-state index contributed by atoms with van der Waals surface area (Å²) in [7, 11) is -3.92. The fourth-order valence-corrected chi connectivity index (χ4v) is 4.24. The Morgan fingerprint density at radius 3 is 2.39 bits per heavy atom. The number of ether oxygens (including phenoxy) is 1. The lowest BCUT2D eigenvalue weighted by atomic mass is 10.2. The maximum atomic E-state index is 12.8. The fraction of sp³-hybridized carbons (Fsp3) is 0.150. The first-order chi connectivity index (χ1) is 13.4. The van der Waals surface area contributed by atoms with Crippen LogP contribution < -0.4 is 3.82 Å². The summed E-state index contributed by atoms with van der Waals surface area (Å²) in [4.78, 5) is 4.44. The minimum absolute atomic E-state index is 0.109. The lowest BCUT2D eigenvalue weighted by molar-refractivity contribution is 0.104. The predicted molar refractivity (Wildman–Crippen MR) is 111 cm³/mol. The van der Waals surface area contributed by atoms with E-state index in [1.54, 1.807) is 49.4 Å². The highest BCUT2D eigenvalue weighted by molar-refractivity contribution is 7.94. The number of anilines is 1. The summed E-state index contributed by atoms with van der Waals surface area (Å²) in [6.45, 7) is 2.31. The van der Waals surface area contributed by atoms with E-state index in [-0.39, 0.29) is 17.3 Å². The van der Waals surface area contributed by atoms with E-state index < -0.39 is 10.0 Å². The Bertz CT molecular complexity index is 1060. The van der Waals surface area contributed by atoms with E-state index in [0.29, 0.717) is 26.7 Å². The standard InChI is InChI=1S/C20H18Cl2N2O3S/c1-15-5-2-3-7-19(15)28(25,26)24(22)20-8-4-6-18(23-20)14-27-13-16-9-11-17(21)12-10-16/h2-12H,13-14H2,1H3. The summed E-state index contributed by atoms with van der Waals surface area (Å²) in [5.74, 6) is 0.109. The van der Waals surface area contributed by atoms with Crippen molar-refractivity contribution in [3.05, 3.63) is 88.6 Å². The normalized spacial score (nSPS) is 11.4. The third-order valence-electron chi connectivity index (χ3n) is 3.99. The van der Waals surface area contributed by atoms with Crippen LogP contribution in [0.1, 0.15) is 16.8 Å². The second-order valence-electron chi connectivity index (χ2n) is 6.09. The van der Waals surface area contributed by atoms with E-state index in [4.69, 9.17) is 28.1 Å². The molecule has 3 aromatic rings. The van der Waals surface area contributed by atoms with Crippen LogP contribution >= 0.6 is 23.4 Å². The molecule has 0 saturated carbocycles. The Labute approximate surface area is 174 Å². The molecule has 28 heavy (non-hydrogen) atoms. The zero-order valence-corrected chi connectivity index (χ0v) is 17.4. The molecule has 0 fully saturated rings. The Morgan fingerprint density at radius 2 is 1.68 bits per heavy atom. The van der Waals surface area contributed by atoms with Gasteiger partial charge in [-0.15, -0.1) is 0 Å². The number of halogens is 2. The maximum Gasteiger partial charge on any atom is 0.279 e. The lowest BCUT2D eigenvalue weighted by Gasteiger charge is -2.17. The van der Waals surface area contributed by atoms with Crippen LogP contribution in [0, 0.1) is 6.92 Å². The minimum Gasteiger partial charge on any atom is -0.370 e. The van der Waals surface area contributed by atoms with Gasteiger partial charge in [0.2, 0.25) is 0 Å². The molecule has 0 unspecified atom stereocenters. The van der Waals surface area contributed by atoms with Crippen LogP contribution in [0.15, 0.2) is 71.6 Å². The van der Waals surface area contributed by atoms with E-state index in [1.165, 1.54) is 12.1 Å². The van der Waals surface area contributed by atoms with Crippen LogP contribution in [0.2, 0.25) is 5.02 Å². The molecular formula is C20H18Cl2N2O3S. The van der Waals surface area contributed by atoms with Crippen molar-refractivity contribution < 1.29 is 13.2 Å². The lowest BCUT2D eigenvalue weighted by Crippen LogP contribution is -2.23. The second-order valence-corrected chi connectivity index (χ2v) is 8.82. The number of benzene rings is 2. The molecule has 0 spiro atoms. The predicted octanol–water partition coefficient (Wildman–Crippen LogP) is 5.11. The van der Waals surface area contributed by atoms with E-state index in [2.05, 4.69) is 4.98 Å². The summed E-state index contributed by atoms with van der Waals surface area (Å²) < 4.78 is 31.9. The zero-order valence-electron chi connectivity index (χ0n) is 15.0. The molecule has 0 aliphatic heterocycles. The van der Waals surface area contributed by atoms with Crippen molar-refractivity contribution >= 4 is 39.2 Å². The molecule has 1 aromatic heterocycles. The highest BCUT2D eigenvalue weighted by atomic mass is 35.5. The first kappa shape index (κ1) is 20.6. The first-order valence-electron chi connectivity index (χ1n) is 8.43. The van der Waals surface area contributed by atoms with Gasteiger partial charge in [-0.25, -0.2) is 4.98 Å². The molecule has 1 heterocycles. The SMILES string of the molecule is Cc1ccccc1S(=O)(=O)N(Cl)c1cccc(COCc2ccc(Cl)cc2)n1.